The van der Waals surface area contributed by atoms with Crippen molar-refractivity contribution in [3.8, 4) is 0 Å². The van der Waals surface area contributed by atoms with Crippen molar-refractivity contribution in [2.75, 3.05) is 0 Å². The van der Waals surface area contributed by atoms with Crippen molar-refractivity contribution < 1.29 is 4.57 Å². The lowest BCUT2D eigenvalue weighted by molar-refractivity contribution is -0.644. The molecule has 6 rings (SSSR count). The van der Waals surface area contributed by atoms with Crippen molar-refractivity contribution in [2.45, 2.75) is 33.2 Å². The summed E-state index contributed by atoms with van der Waals surface area (Å²) in [6, 6.07) is 17.8. The molecule has 31 heavy (non-hydrogen) atoms. The average molecular weight is 403 g/mol. The Kier molecular flexibility index (Phi) is 3.36. The van der Waals surface area contributed by atoms with E-state index in [0.717, 1.165) is 5.56 Å². The molecule has 6 aromatic rings. The molecule has 0 aliphatic heterocycles. The molecule has 0 bridgehead atoms. The molecule has 0 radical (unpaired) electrons. The number of nitrogens with zero attached hydrogens (tertiary/aromatic N) is 3. The summed E-state index contributed by atoms with van der Waals surface area (Å²) in [6.07, 6.45) is 2.17. The number of benzene rings is 3. The molecule has 0 fully saturated rings. The summed E-state index contributed by atoms with van der Waals surface area (Å²) in [5, 5.41) is 6.44. The molecule has 150 valence electrons. The molecule has 3 heteroatoms. The third-order valence-corrected chi connectivity index (χ3v) is 7.06. The normalized spacial score (nSPS) is 12.6. The zero-order valence-electron chi connectivity index (χ0n) is 18.5. The van der Waals surface area contributed by atoms with Crippen LogP contribution in [0.15, 0.2) is 54.7 Å². The van der Waals surface area contributed by atoms with Gasteiger partial charge in [0.2, 0.25) is 5.52 Å². The molecule has 0 atom stereocenters. The molecule has 0 aliphatic carbocycles. The van der Waals surface area contributed by atoms with E-state index in [1.54, 1.807) is 0 Å². The van der Waals surface area contributed by atoms with Gasteiger partial charge in [0.1, 0.15) is 12.6 Å². The van der Waals surface area contributed by atoms with Crippen LogP contribution in [0.1, 0.15) is 30.5 Å². The molecule has 0 aliphatic rings. The van der Waals surface area contributed by atoms with Gasteiger partial charge in [-0.25, -0.2) is 6.57 Å². The summed E-state index contributed by atoms with van der Waals surface area (Å²) < 4.78 is 4.69. The van der Waals surface area contributed by atoms with Crippen molar-refractivity contribution in [3.63, 3.8) is 0 Å². The van der Waals surface area contributed by atoms with Gasteiger partial charge in [0, 0.05) is 41.6 Å². The molecule has 3 heterocycles. The van der Waals surface area contributed by atoms with E-state index in [1.165, 1.54) is 60.1 Å². The van der Waals surface area contributed by atoms with Crippen LogP contribution in [-0.4, -0.2) is 4.40 Å². The number of aryl methyl sites for hydroxylation is 3. The fourth-order valence-corrected chi connectivity index (χ4v) is 5.43. The highest BCUT2D eigenvalue weighted by atomic mass is 15.0. The molecule has 0 unspecified atom stereocenters. The van der Waals surface area contributed by atoms with E-state index in [4.69, 9.17) is 6.57 Å². The second-order valence-corrected chi connectivity index (χ2v) is 9.36. The number of aromatic nitrogens is 2. The summed E-state index contributed by atoms with van der Waals surface area (Å²) in [4.78, 5) is 3.87. The van der Waals surface area contributed by atoms with Crippen molar-refractivity contribution in [2.24, 2.45) is 7.05 Å². The SMILES string of the molecule is [C-]#[N+]C(C)(C)c1ccc2c(c1)c1cc[n+](C)c3c4c(C)cc(C)c5cccc(c54)n2c13. The van der Waals surface area contributed by atoms with Crippen LogP contribution in [0.2, 0.25) is 0 Å². The van der Waals surface area contributed by atoms with E-state index >= 15 is 0 Å². The van der Waals surface area contributed by atoms with Crippen LogP contribution >= 0.6 is 0 Å². The van der Waals surface area contributed by atoms with Gasteiger partial charge in [0.15, 0.2) is 6.20 Å². The lowest BCUT2D eigenvalue weighted by atomic mass is 9.94. The summed E-state index contributed by atoms with van der Waals surface area (Å²) in [5.74, 6) is 0. The Morgan fingerprint density at radius 1 is 0.871 bits per heavy atom. The summed E-state index contributed by atoms with van der Waals surface area (Å²) in [6.45, 7) is 16.1. The van der Waals surface area contributed by atoms with Crippen LogP contribution in [0, 0.1) is 20.4 Å². The van der Waals surface area contributed by atoms with Crippen LogP contribution in [0.3, 0.4) is 0 Å². The maximum absolute atomic E-state index is 7.65. The van der Waals surface area contributed by atoms with Crippen molar-refractivity contribution in [3.05, 3.63) is 82.8 Å². The molecular weight excluding hydrogens is 378 g/mol. The minimum absolute atomic E-state index is 0.540. The minimum atomic E-state index is -0.540. The standard InChI is InChI=1S/C28H24N3/c1-16-14-17(2)24-25-19(16)8-7-9-23(25)31-22-11-10-18(28(3,4)29-5)15-21(22)20-12-13-30(6)27(24)26(20)31/h7-15H,1-4,6H3/q+1. The molecule has 0 amide bonds. The highest BCUT2D eigenvalue weighted by molar-refractivity contribution is 6.26. The predicted octanol–water partition coefficient (Wildman–Crippen LogP) is 6.59. The predicted molar refractivity (Wildman–Crippen MR) is 129 cm³/mol. The van der Waals surface area contributed by atoms with Gasteiger partial charge < -0.3 is 9.25 Å². The van der Waals surface area contributed by atoms with E-state index in [9.17, 15) is 0 Å². The molecule has 0 spiro atoms. The first-order valence-electron chi connectivity index (χ1n) is 10.7. The fraction of sp³-hybridized carbons (Fsp3) is 0.214. The zero-order valence-corrected chi connectivity index (χ0v) is 18.5. The van der Waals surface area contributed by atoms with E-state index in [1.807, 2.05) is 13.8 Å². The van der Waals surface area contributed by atoms with Crippen molar-refractivity contribution in [1.29, 1.82) is 0 Å². The number of rotatable bonds is 1. The van der Waals surface area contributed by atoms with Crippen LogP contribution in [0.4, 0.5) is 0 Å². The molecule has 0 saturated heterocycles. The third-order valence-electron chi connectivity index (χ3n) is 7.06. The minimum Gasteiger partial charge on any atom is -0.306 e. The van der Waals surface area contributed by atoms with Crippen LogP contribution in [0.25, 0.3) is 53.8 Å². The Bertz CT molecular complexity index is 1740. The molecule has 3 aromatic carbocycles. The topological polar surface area (TPSA) is 12.7 Å². The van der Waals surface area contributed by atoms with Gasteiger partial charge in [-0.2, -0.15) is 4.57 Å². The fourth-order valence-electron chi connectivity index (χ4n) is 5.43. The zero-order chi connectivity index (χ0) is 21.7. The van der Waals surface area contributed by atoms with Crippen LogP contribution in [-0.2, 0) is 12.6 Å². The Morgan fingerprint density at radius 3 is 2.45 bits per heavy atom. The first kappa shape index (κ1) is 18.2. The van der Waals surface area contributed by atoms with E-state index in [-0.39, 0.29) is 0 Å². The Morgan fingerprint density at radius 2 is 1.68 bits per heavy atom. The first-order valence-corrected chi connectivity index (χ1v) is 10.7. The highest BCUT2D eigenvalue weighted by Crippen LogP contribution is 2.41. The molecule has 3 nitrogen and oxygen atoms in total. The van der Waals surface area contributed by atoms with Crippen LogP contribution < -0.4 is 4.57 Å². The number of hydrogen-bond donors (Lipinski definition) is 0. The molecular formula is C28H24N3+. The Hall–Kier alpha value is -3.64. The van der Waals surface area contributed by atoms with Crippen molar-refractivity contribution >= 4 is 49.0 Å². The maximum atomic E-state index is 7.65. The second kappa shape index (κ2) is 5.74. The smallest absolute Gasteiger partial charge is 0.252 e. The van der Waals surface area contributed by atoms with Gasteiger partial charge in [-0.1, -0.05) is 18.2 Å². The van der Waals surface area contributed by atoms with Gasteiger partial charge >= 0.3 is 0 Å². The van der Waals surface area contributed by atoms with E-state index < -0.39 is 5.54 Å². The molecule has 0 N–H and O–H groups in total. The lowest BCUT2D eigenvalue weighted by Crippen LogP contribution is -2.29. The van der Waals surface area contributed by atoms with Gasteiger partial charge in [-0.3, -0.25) is 0 Å². The first-order chi connectivity index (χ1) is 14.8. The second-order valence-electron chi connectivity index (χ2n) is 9.36. The summed E-state index contributed by atoms with van der Waals surface area (Å²) in [7, 11) is 2.14. The van der Waals surface area contributed by atoms with E-state index in [0.29, 0.717) is 0 Å². The summed E-state index contributed by atoms with van der Waals surface area (Å²) in [5.41, 5.74) is 8.11. The van der Waals surface area contributed by atoms with Gasteiger partial charge in [0.05, 0.1) is 16.4 Å². The van der Waals surface area contributed by atoms with Gasteiger partial charge in [-0.15, -0.1) is 0 Å². The number of hydrogen-bond acceptors (Lipinski definition) is 0. The largest absolute Gasteiger partial charge is 0.306 e. The monoisotopic (exact) mass is 402 g/mol. The average Bonchev–Trinajstić information content (AvgIpc) is 3.09. The van der Waals surface area contributed by atoms with Crippen LogP contribution in [0.5, 0.6) is 0 Å². The Balaban J connectivity index is 1.99. The number of pyridine rings is 2. The summed E-state index contributed by atoms with van der Waals surface area (Å²) >= 11 is 0. The maximum Gasteiger partial charge on any atom is 0.252 e. The van der Waals surface area contributed by atoms with Gasteiger partial charge in [-0.05, 0) is 54.6 Å². The van der Waals surface area contributed by atoms with Crippen molar-refractivity contribution in [1.82, 2.24) is 4.40 Å². The third kappa shape index (κ3) is 2.15. The molecule has 3 aromatic heterocycles. The quantitative estimate of drug-likeness (QED) is 0.127. The van der Waals surface area contributed by atoms with E-state index in [2.05, 4.69) is 89.4 Å². The lowest BCUT2D eigenvalue weighted by Gasteiger charge is -2.15. The Labute approximate surface area is 181 Å². The van der Waals surface area contributed by atoms with Gasteiger partial charge in [0.25, 0.3) is 5.54 Å². The highest BCUT2D eigenvalue weighted by Gasteiger charge is 2.29. The number of fused-ring (bicyclic) bond motifs is 5. The molecule has 0 saturated carbocycles.